The van der Waals surface area contributed by atoms with Gasteiger partial charge in [-0.2, -0.15) is 0 Å². The second-order valence-electron chi connectivity index (χ2n) is 2.25. The summed E-state index contributed by atoms with van der Waals surface area (Å²) in [5, 5.41) is 1.07. The van der Waals surface area contributed by atoms with Crippen molar-refractivity contribution in [3.05, 3.63) is 30.6 Å². The predicted molar refractivity (Wildman–Crippen MR) is 47.0 cm³/mol. The Balaban J connectivity index is 2.69. The van der Waals surface area contributed by atoms with Crippen LogP contribution in [0.5, 0.6) is 0 Å². The fourth-order valence-corrected chi connectivity index (χ4v) is 1.41. The average Bonchev–Trinajstić information content (AvgIpc) is 2.46. The lowest BCUT2D eigenvalue weighted by molar-refractivity contribution is 1.18. The third-order valence-electron chi connectivity index (χ3n) is 1.55. The van der Waals surface area contributed by atoms with Gasteiger partial charge in [-0.15, -0.1) is 11.8 Å². The Morgan fingerprint density at radius 3 is 3.09 bits per heavy atom. The number of thioether (sulfide) groups is 1. The fourth-order valence-electron chi connectivity index (χ4n) is 1.01. The van der Waals surface area contributed by atoms with Crippen LogP contribution in [0.4, 0.5) is 0 Å². The molecule has 2 aromatic rings. The Hall–Kier alpha value is -0.960. The first-order chi connectivity index (χ1) is 5.40. The molecule has 0 aliphatic rings. The van der Waals surface area contributed by atoms with Crippen molar-refractivity contribution in [1.82, 2.24) is 9.38 Å². The quantitative estimate of drug-likeness (QED) is 0.600. The van der Waals surface area contributed by atoms with E-state index in [1.54, 1.807) is 11.8 Å². The van der Waals surface area contributed by atoms with Gasteiger partial charge in [-0.1, -0.05) is 6.07 Å². The number of pyridine rings is 1. The molecule has 0 aromatic carbocycles. The van der Waals surface area contributed by atoms with Crippen molar-refractivity contribution in [1.29, 1.82) is 0 Å². The first kappa shape index (κ1) is 6.73. The lowest BCUT2D eigenvalue weighted by atomic mass is 10.5. The molecule has 3 heteroatoms. The third-order valence-corrected chi connectivity index (χ3v) is 2.17. The summed E-state index contributed by atoms with van der Waals surface area (Å²) in [4.78, 5) is 4.36. The molecule has 0 atom stereocenters. The van der Waals surface area contributed by atoms with Crippen LogP contribution in [-0.2, 0) is 0 Å². The Labute approximate surface area is 69.3 Å². The molecule has 0 unspecified atom stereocenters. The highest BCUT2D eigenvalue weighted by molar-refractivity contribution is 7.98. The SMILES string of the molecule is CSc1cn2ccccc2n1. The largest absolute Gasteiger partial charge is 0.306 e. The van der Waals surface area contributed by atoms with Crippen molar-refractivity contribution in [3.8, 4) is 0 Å². The highest BCUT2D eigenvalue weighted by Crippen LogP contribution is 2.13. The van der Waals surface area contributed by atoms with E-state index in [-0.39, 0.29) is 0 Å². The van der Waals surface area contributed by atoms with Crippen molar-refractivity contribution in [2.24, 2.45) is 0 Å². The molecule has 2 aromatic heterocycles. The number of rotatable bonds is 1. The molecule has 2 nitrogen and oxygen atoms in total. The van der Waals surface area contributed by atoms with E-state index >= 15 is 0 Å². The number of fused-ring (bicyclic) bond motifs is 1. The minimum Gasteiger partial charge on any atom is -0.306 e. The first-order valence-corrected chi connectivity index (χ1v) is 4.60. The van der Waals surface area contributed by atoms with Gasteiger partial charge in [0.25, 0.3) is 0 Å². The molecular weight excluding hydrogens is 156 g/mol. The normalized spacial score (nSPS) is 10.6. The molecule has 2 heterocycles. The fraction of sp³-hybridized carbons (Fsp3) is 0.125. The maximum absolute atomic E-state index is 4.36. The smallest absolute Gasteiger partial charge is 0.138 e. The highest BCUT2D eigenvalue weighted by Gasteiger charge is 1.96. The van der Waals surface area contributed by atoms with E-state index in [9.17, 15) is 0 Å². The van der Waals surface area contributed by atoms with Gasteiger partial charge in [-0.25, -0.2) is 4.98 Å². The number of nitrogens with zero attached hydrogens (tertiary/aromatic N) is 2. The summed E-state index contributed by atoms with van der Waals surface area (Å²) < 4.78 is 2.02. The van der Waals surface area contributed by atoms with Crippen molar-refractivity contribution in [3.63, 3.8) is 0 Å². The zero-order valence-corrected chi connectivity index (χ0v) is 7.01. The van der Waals surface area contributed by atoms with Crippen molar-refractivity contribution in [2.45, 2.75) is 5.03 Å². The maximum Gasteiger partial charge on any atom is 0.138 e. The molecule has 0 aliphatic carbocycles. The van der Waals surface area contributed by atoms with Gasteiger partial charge in [0.1, 0.15) is 10.7 Å². The van der Waals surface area contributed by atoms with Gasteiger partial charge >= 0.3 is 0 Å². The summed E-state index contributed by atoms with van der Waals surface area (Å²) in [5.74, 6) is 0. The maximum atomic E-state index is 4.36. The minimum atomic E-state index is 1.01. The summed E-state index contributed by atoms with van der Waals surface area (Å²) >= 11 is 1.66. The number of imidazole rings is 1. The highest BCUT2D eigenvalue weighted by atomic mass is 32.2. The summed E-state index contributed by atoms with van der Waals surface area (Å²) in [6, 6.07) is 5.99. The Morgan fingerprint density at radius 1 is 1.45 bits per heavy atom. The van der Waals surface area contributed by atoms with Crippen LogP contribution in [0.3, 0.4) is 0 Å². The van der Waals surface area contributed by atoms with E-state index in [1.165, 1.54) is 0 Å². The molecule has 0 spiro atoms. The standard InChI is InChI=1S/C8H8N2S/c1-11-8-6-10-5-3-2-4-7(10)9-8/h2-6H,1H3. The van der Waals surface area contributed by atoms with Gasteiger partial charge in [0, 0.05) is 12.4 Å². The second kappa shape index (κ2) is 2.58. The molecule has 0 radical (unpaired) electrons. The van der Waals surface area contributed by atoms with E-state index in [0.717, 1.165) is 10.7 Å². The zero-order valence-electron chi connectivity index (χ0n) is 6.19. The lowest BCUT2D eigenvalue weighted by Crippen LogP contribution is -1.77. The monoisotopic (exact) mass is 164 g/mol. The van der Waals surface area contributed by atoms with Crippen molar-refractivity contribution >= 4 is 17.4 Å². The van der Waals surface area contributed by atoms with Crippen LogP contribution in [0.1, 0.15) is 0 Å². The van der Waals surface area contributed by atoms with Gasteiger partial charge < -0.3 is 4.40 Å². The molecule has 0 saturated heterocycles. The molecule has 11 heavy (non-hydrogen) atoms. The average molecular weight is 164 g/mol. The third kappa shape index (κ3) is 1.12. The Kier molecular flexibility index (Phi) is 1.58. The van der Waals surface area contributed by atoms with Crippen LogP contribution < -0.4 is 0 Å². The van der Waals surface area contributed by atoms with E-state index in [2.05, 4.69) is 4.98 Å². The number of hydrogen-bond acceptors (Lipinski definition) is 2. The Morgan fingerprint density at radius 2 is 2.36 bits per heavy atom. The summed E-state index contributed by atoms with van der Waals surface area (Å²) in [6.07, 6.45) is 6.06. The molecule has 0 N–H and O–H groups in total. The molecule has 0 bridgehead atoms. The topological polar surface area (TPSA) is 17.3 Å². The van der Waals surface area contributed by atoms with Crippen LogP contribution >= 0.6 is 11.8 Å². The van der Waals surface area contributed by atoms with Gasteiger partial charge in [-0.05, 0) is 18.4 Å². The predicted octanol–water partition coefficient (Wildman–Crippen LogP) is 2.06. The summed E-state index contributed by atoms with van der Waals surface area (Å²) in [7, 11) is 0. The molecule has 0 fully saturated rings. The number of hydrogen-bond donors (Lipinski definition) is 0. The first-order valence-electron chi connectivity index (χ1n) is 3.38. The number of aromatic nitrogens is 2. The van der Waals surface area contributed by atoms with E-state index in [1.807, 2.05) is 41.2 Å². The minimum absolute atomic E-state index is 1.01. The molecule has 56 valence electrons. The van der Waals surface area contributed by atoms with E-state index in [0.29, 0.717) is 0 Å². The van der Waals surface area contributed by atoms with Gasteiger partial charge in [0.15, 0.2) is 0 Å². The van der Waals surface area contributed by atoms with Crippen LogP contribution in [-0.4, -0.2) is 15.6 Å². The molecule has 0 amide bonds. The van der Waals surface area contributed by atoms with E-state index in [4.69, 9.17) is 0 Å². The second-order valence-corrected chi connectivity index (χ2v) is 3.08. The van der Waals surface area contributed by atoms with Crippen LogP contribution in [0.15, 0.2) is 35.6 Å². The van der Waals surface area contributed by atoms with Crippen LogP contribution in [0.2, 0.25) is 0 Å². The lowest BCUT2D eigenvalue weighted by Gasteiger charge is -1.86. The molecule has 0 aliphatic heterocycles. The van der Waals surface area contributed by atoms with Gasteiger partial charge in [0.05, 0.1) is 0 Å². The zero-order chi connectivity index (χ0) is 7.68. The molecular formula is C8H8N2S. The van der Waals surface area contributed by atoms with Gasteiger partial charge in [0.2, 0.25) is 0 Å². The van der Waals surface area contributed by atoms with Gasteiger partial charge in [-0.3, -0.25) is 0 Å². The molecule has 2 rings (SSSR count). The molecule has 0 saturated carbocycles. The summed E-state index contributed by atoms with van der Waals surface area (Å²) in [6.45, 7) is 0. The summed E-state index contributed by atoms with van der Waals surface area (Å²) in [5.41, 5.74) is 1.01. The van der Waals surface area contributed by atoms with Crippen LogP contribution in [0.25, 0.3) is 5.65 Å². The van der Waals surface area contributed by atoms with E-state index < -0.39 is 0 Å². The van der Waals surface area contributed by atoms with Crippen molar-refractivity contribution in [2.75, 3.05) is 6.26 Å². The van der Waals surface area contributed by atoms with Crippen LogP contribution in [0, 0.1) is 0 Å². The van der Waals surface area contributed by atoms with Crippen molar-refractivity contribution < 1.29 is 0 Å². The Bertz CT molecular complexity index is 334.